The molecule has 0 bridgehead atoms. The van der Waals surface area contributed by atoms with E-state index in [0.29, 0.717) is 0 Å². The first-order chi connectivity index (χ1) is 9.93. The van der Waals surface area contributed by atoms with Crippen molar-refractivity contribution in [1.29, 1.82) is 0 Å². The van der Waals surface area contributed by atoms with E-state index in [9.17, 15) is 0 Å². The van der Waals surface area contributed by atoms with Gasteiger partial charge in [0.05, 0.1) is 0 Å². The van der Waals surface area contributed by atoms with Crippen LogP contribution in [0.5, 0.6) is 0 Å². The van der Waals surface area contributed by atoms with E-state index in [1.807, 2.05) is 0 Å². The van der Waals surface area contributed by atoms with Gasteiger partial charge in [-0.2, -0.15) is 0 Å². The molecule has 0 aliphatic heterocycles. The summed E-state index contributed by atoms with van der Waals surface area (Å²) >= 11 is -1.54. The average Bonchev–Trinajstić information content (AvgIpc) is 2.55. The topological polar surface area (TPSA) is 0 Å². The van der Waals surface area contributed by atoms with E-state index in [0.717, 1.165) is 0 Å². The number of benzene rings is 2. The number of hydrogen-bond acceptors (Lipinski definition) is 0. The van der Waals surface area contributed by atoms with Gasteiger partial charge in [-0.25, -0.2) is 0 Å². The van der Waals surface area contributed by atoms with Crippen molar-refractivity contribution in [3.63, 3.8) is 0 Å². The zero-order valence-corrected chi connectivity index (χ0v) is 14.1. The van der Waals surface area contributed by atoms with Crippen LogP contribution in [0.1, 0.15) is 32.1 Å². The van der Waals surface area contributed by atoms with Gasteiger partial charge in [0, 0.05) is 0 Å². The SMILES string of the molecule is C(=C1CCCCC1)[Te+](c1ccccc1)c1ccccc1. The van der Waals surface area contributed by atoms with Crippen molar-refractivity contribution < 1.29 is 0 Å². The second-order valence-electron chi connectivity index (χ2n) is 5.30. The predicted octanol–water partition coefficient (Wildman–Crippen LogP) is 3.73. The van der Waals surface area contributed by atoms with Crippen molar-refractivity contribution in [3.05, 3.63) is 70.4 Å². The fourth-order valence-electron chi connectivity index (χ4n) is 2.70. The quantitative estimate of drug-likeness (QED) is 0.716. The summed E-state index contributed by atoms with van der Waals surface area (Å²) in [7, 11) is 0. The molecule has 102 valence electrons. The van der Waals surface area contributed by atoms with Crippen molar-refractivity contribution in [2.24, 2.45) is 0 Å². The Kier molecular flexibility index (Phi) is 4.96. The van der Waals surface area contributed by atoms with Gasteiger partial charge >= 0.3 is 129 Å². The zero-order chi connectivity index (χ0) is 13.6. The van der Waals surface area contributed by atoms with Crippen molar-refractivity contribution in [2.45, 2.75) is 32.1 Å². The summed E-state index contributed by atoms with van der Waals surface area (Å²) < 4.78 is 5.83. The van der Waals surface area contributed by atoms with Gasteiger partial charge in [0.15, 0.2) is 0 Å². The molecule has 0 aromatic heterocycles. The summed E-state index contributed by atoms with van der Waals surface area (Å²) in [4.78, 5) is 0. The first kappa shape index (κ1) is 13.9. The molecule has 1 saturated carbocycles. The molecule has 2 aromatic carbocycles. The van der Waals surface area contributed by atoms with Gasteiger partial charge < -0.3 is 0 Å². The van der Waals surface area contributed by atoms with E-state index in [4.69, 9.17) is 0 Å². The molecular weight excluding hydrogens is 356 g/mol. The monoisotopic (exact) mass is 379 g/mol. The van der Waals surface area contributed by atoms with Crippen LogP contribution < -0.4 is 7.22 Å². The van der Waals surface area contributed by atoms with Crippen LogP contribution in [0.3, 0.4) is 0 Å². The maximum atomic E-state index is 2.69. The van der Waals surface area contributed by atoms with Crippen LogP contribution in [-0.2, 0) is 0 Å². The molecular formula is C19H21Te+. The Bertz CT molecular complexity index is 509. The molecule has 2 aromatic rings. The predicted molar refractivity (Wildman–Crippen MR) is 89.1 cm³/mol. The molecule has 0 unspecified atom stereocenters. The van der Waals surface area contributed by atoms with Gasteiger partial charge in [0.1, 0.15) is 0 Å². The van der Waals surface area contributed by atoms with Gasteiger partial charge in [-0.1, -0.05) is 0 Å². The van der Waals surface area contributed by atoms with Crippen LogP contribution in [0, 0.1) is 0 Å². The minimum atomic E-state index is -1.54. The Balaban J connectivity index is 1.95. The van der Waals surface area contributed by atoms with Crippen LogP contribution in [-0.4, -0.2) is 19.6 Å². The summed E-state index contributed by atoms with van der Waals surface area (Å²) in [6.45, 7) is 0. The fraction of sp³-hybridized carbons (Fsp3) is 0.263. The number of rotatable bonds is 3. The molecule has 0 atom stereocenters. The van der Waals surface area contributed by atoms with Gasteiger partial charge in [-0.15, -0.1) is 0 Å². The molecule has 1 fully saturated rings. The first-order valence-corrected chi connectivity index (χ1v) is 11.1. The van der Waals surface area contributed by atoms with Gasteiger partial charge in [0.2, 0.25) is 0 Å². The number of allylic oxidation sites excluding steroid dienone is 1. The van der Waals surface area contributed by atoms with Crippen molar-refractivity contribution in [3.8, 4) is 0 Å². The van der Waals surface area contributed by atoms with Crippen LogP contribution in [0.15, 0.2) is 70.4 Å². The second kappa shape index (κ2) is 7.11. The van der Waals surface area contributed by atoms with Gasteiger partial charge in [-0.05, 0) is 0 Å². The first-order valence-electron chi connectivity index (χ1n) is 7.46. The van der Waals surface area contributed by atoms with Gasteiger partial charge in [-0.3, -0.25) is 0 Å². The molecule has 0 radical (unpaired) electrons. The summed E-state index contributed by atoms with van der Waals surface area (Å²) in [5.74, 6) is 0. The van der Waals surface area contributed by atoms with E-state index in [1.165, 1.54) is 32.1 Å². The second-order valence-corrected chi connectivity index (χ2v) is 10.6. The third kappa shape index (κ3) is 3.54. The molecule has 0 amide bonds. The standard InChI is InChI=1S/C19H21Te/c1-4-10-17(11-5-1)16-20(18-12-6-2-7-13-18)19-14-8-3-9-15-19/h2-3,6-9,12-16H,1,4-5,10-11H2/q+1. The fourth-order valence-corrected chi connectivity index (χ4v) is 8.45. The van der Waals surface area contributed by atoms with E-state index in [2.05, 4.69) is 64.8 Å². The van der Waals surface area contributed by atoms with Crippen LogP contribution in [0.25, 0.3) is 0 Å². The van der Waals surface area contributed by atoms with Crippen molar-refractivity contribution in [2.75, 3.05) is 0 Å². The third-order valence-corrected chi connectivity index (χ3v) is 9.85. The molecule has 3 rings (SSSR count). The summed E-state index contributed by atoms with van der Waals surface area (Å²) in [6.07, 6.45) is 6.86. The van der Waals surface area contributed by atoms with E-state index >= 15 is 0 Å². The summed E-state index contributed by atoms with van der Waals surface area (Å²) in [5, 5.41) is 0. The molecule has 1 aliphatic rings. The Morgan fingerprint density at radius 3 is 1.65 bits per heavy atom. The van der Waals surface area contributed by atoms with E-state index < -0.39 is 19.6 Å². The minimum absolute atomic E-state index is 1.33. The summed E-state index contributed by atoms with van der Waals surface area (Å²) in [6, 6.07) is 22.3. The van der Waals surface area contributed by atoms with E-state index in [1.54, 1.807) is 12.8 Å². The van der Waals surface area contributed by atoms with Crippen LogP contribution in [0.4, 0.5) is 0 Å². The molecule has 0 nitrogen and oxygen atoms in total. The zero-order valence-electron chi connectivity index (χ0n) is 11.8. The average molecular weight is 377 g/mol. The molecule has 1 aliphatic carbocycles. The normalized spacial score (nSPS) is 15.3. The molecule has 0 saturated heterocycles. The van der Waals surface area contributed by atoms with Crippen LogP contribution >= 0.6 is 0 Å². The third-order valence-electron chi connectivity index (χ3n) is 3.77. The maximum absolute atomic E-state index is 2.69. The number of hydrogen-bond donors (Lipinski definition) is 0. The van der Waals surface area contributed by atoms with Crippen molar-refractivity contribution in [1.82, 2.24) is 0 Å². The summed E-state index contributed by atoms with van der Waals surface area (Å²) in [5.41, 5.74) is 1.72. The van der Waals surface area contributed by atoms with Crippen molar-refractivity contribution >= 4 is 26.8 Å². The Hall–Kier alpha value is -1.03. The Morgan fingerprint density at radius 2 is 1.15 bits per heavy atom. The molecule has 0 spiro atoms. The Labute approximate surface area is 129 Å². The molecule has 0 N–H and O–H groups in total. The molecule has 0 heterocycles. The van der Waals surface area contributed by atoms with E-state index in [-0.39, 0.29) is 0 Å². The van der Waals surface area contributed by atoms with Crippen LogP contribution in [0.2, 0.25) is 0 Å². The Morgan fingerprint density at radius 1 is 0.650 bits per heavy atom. The molecule has 1 heteroatoms. The molecule has 20 heavy (non-hydrogen) atoms. The van der Waals surface area contributed by atoms with Gasteiger partial charge in [0.25, 0.3) is 0 Å².